The van der Waals surface area contributed by atoms with E-state index >= 15 is 0 Å². The molecule has 2 rings (SSSR count). The Morgan fingerprint density at radius 3 is 2.29 bits per heavy atom. The molecule has 2 atom stereocenters. The van der Waals surface area contributed by atoms with Crippen LogP contribution in [0.2, 0.25) is 0 Å². The van der Waals surface area contributed by atoms with Crippen LogP contribution in [0.15, 0.2) is 0 Å². The maximum absolute atomic E-state index is 11.6. The number of aliphatic carboxylic acids is 1. The van der Waals surface area contributed by atoms with Crippen molar-refractivity contribution in [3.8, 4) is 0 Å². The minimum absolute atomic E-state index is 0.248. The lowest BCUT2D eigenvalue weighted by Gasteiger charge is -2.36. The number of hydrogen-bond donors (Lipinski definition) is 0. The second kappa shape index (κ2) is 2.24. The molecule has 0 unspecified atom stereocenters. The molecule has 76 valence electrons. The summed E-state index contributed by atoms with van der Waals surface area (Å²) in [5.41, 5.74) is -2.32. The number of carbonyl (C=O) groups excluding carboxylic acids is 3. The third-order valence-corrected chi connectivity index (χ3v) is 4.06. The fourth-order valence-electron chi connectivity index (χ4n) is 3.03. The standard InChI is InChI=1S/C10H12O4/c1-9(2)5-3-4-10(9,8(13)14)7(12)6(5)11/h5H,3-4H2,1-2H3,(H,13,14)/p-1/t5-,10-/m0/s1. The molecular formula is C10H11O4-. The fraction of sp³-hybridized carbons (Fsp3) is 0.700. The Kier molecular flexibility index (Phi) is 1.50. The molecule has 2 saturated carbocycles. The van der Waals surface area contributed by atoms with Crippen molar-refractivity contribution in [3.63, 3.8) is 0 Å². The van der Waals surface area contributed by atoms with Crippen LogP contribution in [0.4, 0.5) is 0 Å². The molecule has 0 heterocycles. The van der Waals surface area contributed by atoms with Crippen molar-refractivity contribution in [2.75, 3.05) is 0 Å². The maximum Gasteiger partial charge on any atom is 0.210 e. The molecule has 0 N–H and O–H groups in total. The molecule has 0 saturated heterocycles. The number of ketones is 2. The number of rotatable bonds is 1. The van der Waals surface area contributed by atoms with Crippen molar-refractivity contribution in [2.24, 2.45) is 16.7 Å². The van der Waals surface area contributed by atoms with Crippen molar-refractivity contribution < 1.29 is 19.5 Å². The highest BCUT2D eigenvalue weighted by Crippen LogP contribution is 2.62. The van der Waals surface area contributed by atoms with E-state index in [4.69, 9.17) is 0 Å². The van der Waals surface area contributed by atoms with E-state index < -0.39 is 34.3 Å². The number of carboxylic acid groups (broad SMARTS) is 1. The van der Waals surface area contributed by atoms with Crippen LogP contribution in [0.3, 0.4) is 0 Å². The average molecular weight is 195 g/mol. The maximum atomic E-state index is 11.6. The Morgan fingerprint density at radius 2 is 2.00 bits per heavy atom. The molecular weight excluding hydrogens is 184 g/mol. The van der Waals surface area contributed by atoms with E-state index in [1.807, 2.05) is 0 Å². The topological polar surface area (TPSA) is 74.3 Å². The second-order valence-corrected chi connectivity index (χ2v) is 4.70. The molecule has 0 amide bonds. The summed E-state index contributed by atoms with van der Waals surface area (Å²) in [6, 6.07) is 0. The first-order chi connectivity index (χ1) is 6.35. The highest BCUT2D eigenvalue weighted by Gasteiger charge is 2.69. The van der Waals surface area contributed by atoms with Crippen molar-refractivity contribution in [1.82, 2.24) is 0 Å². The third kappa shape index (κ3) is 0.656. The lowest BCUT2D eigenvalue weighted by Crippen LogP contribution is -2.51. The summed E-state index contributed by atoms with van der Waals surface area (Å²) in [6.45, 7) is 3.34. The molecule has 2 aliphatic carbocycles. The van der Waals surface area contributed by atoms with Crippen molar-refractivity contribution in [3.05, 3.63) is 0 Å². The quantitative estimate of drug-likeness (QED) is 0.410. The molecule has 2 fully saturated rings. The minimum Gasteiger partial charge on any atom is -0.549 e. The van der Waals surface area contributed by atoms with Crippen LogP contribution in [0, 0.1) is 16.7 Å². The normalized spacial score (nSPS) is 39.1. The molecule has 0 aromatic rings. The van der Waals surface area contributed by atoms with E-state index in [9.17, 15) is 19.5 Å². The number of hydrogen-bond acceptors (Lipinski definition) is 4. The molecule has 14 heavy (non-hydrogen) atoms. The van der Waals surface area contributed by atoms with E-state index in [1.54, 1.807) is 13.8 Å². The van der Waals surface area contributed by atoms with Gasteiger partial charge in [-0.05, 0) is 18.3 Å². The fourth-order valence-corrected chi connectivity index (χ4v) is 3.03. The van der Waals surface area contributed by atoms with Crippen LogP contribution in [-0.4, -0.2) is 17.5 Å². The zero-order valence-corrected chi connectivity index (χ0v) is 8.12. The van der Waals surface area contributed by atoms with Gasteiger partial charge in [-0.2, -0.15) is 0 Å². The number of Topliss-reactive ketones (excluding diaryl/α,β-unsaturated/α-hetero) is 2. The Bertz CT molecular complexity index is 355. The molecule has 0 radical (unpaired) electrons. The van der Waals surface area contributed by atoms with E-state index in [2.05, 4.69) is 0 Å². The molecule has 2 bridgehead atoms. The highest BCUT2D eigenvalue weighted by molar-refractivity contribution is 6.46. The summed E-state index contributed by atoms with van der Waals surface area (Å²) in [5, 5.41) is 11.1. The summed E-state index contributed by atoms with van der Waals surface area (Å²) in [4.78, 5) is 34.1. The first kappa shape index (κ1) is 9.37. The molecule has 2 aliphatic rings. The summed E-state index contributed by atoms with van der Waals surface area (Å²) in [7, 11) is 0. The Labute approximate surface area is 81.3 Å². The second-order valence-electron chi connectivity index (χ2n) is 4.70. The summed E-state index contributed by atoms with van der Waals surface area (Å²) < 4.78 is 0. The van der Waals surface area contributed by atoms with E-state index in [0.717, 1.165) is 0 Å². The van der Waals surface area contributed by atoms with Gasteiger partial charge in [0.05, 0.1) is 11.4 Å². The summed E-state index contributed by atoms with van der Waals surface area (Å²) in [5.74, 6) is -3.09. The van der Waals surface area contributed by atoms with Gasteiger partial charge in [-0.25, -0.2) is 0 Å². The monoisotopic (exact) mass is 195 g/mol. The van der Waals surface area contributed by atoms with E-state index in [0.29, 0.717) is 6.42 Å². The van der Waals surface area contributed by atoms with E-state index in [-0.39, 0.29) is 6.42 Å². The smallest absolute Gasteiger partial charge is 0.210 e. The van der Waals surface area contributed by atoms with Crippen LogP contribution in [0.25, 0.3) is 0 Å². The SMILES string of the molecule is CC1(C)[C@H]2CC[C@@]1(C(=O)[O-])C(=O)C2=O. The van der Waals surface area contributed by atoms with Gasteiger partial charge in [-0.1, -0.05) is 13.8 Å². The molecule has 0 spiro atoms. The summed E-state index contributed by atoms with van der Waals surface area (Å²) >= 11 is 0. The lowest BCUT2D eigenvalue weighted by molar-refractivity contribution is -0.320. The molecule has 0 aliphatic heterocycles. The predicted octanol–water partition coefficient (Wildman–Crippen LogP) is -0.689. The minimum atomic E-state index is -1.55. The number of carboxylic acids is 1. The highest BCUT2D eigenvalue weighted by atomic mass is 16.4. The van der Waals surface area contributed by atoms with E-state index in [1.165, 1.54) is 0 Å². The Hall–Kier alpha value is -1.19. The van der Waals surface area contributed by atoms with Gasteiger partial charge in [-0.3, -0.25) is 9.59 Å². The van der Waals surface area contributed by atoms with Gasteiger partial charge < -0.3 is 9.90 Å². The Morgan fingerprint density at radius 1 is 1.43 bits per heavy atom. The van der Waals surface area contributed by atoms with Crippen molar-refractivity contribution in [1.29, 1.82) is 0 Å². The van der Waals surface area contributed by atoms with Crippen molar-refractivity contribution in [2.45, 2.75) is 26.7 Å². The summed E-state index contributed by atoms with van der Waals surface area (Å²) in [6.07, 6.45) is 0.739. The number of carbonyl (C=O) groups is 3. The van der Waals surface area contributed by atoms with Gasteiger partial charge in [0.1, 0.15) is 0 Å². The first-order valence-electron chi connectivity index (χ1n) is 4.66. The predicted molar refractivity (Wildman–Crippen MR) is 44.0 cm³/mol. The molecule has 4 heteroatoms. The van der Waals surface area contributed by atoms with Crippen LogP contribution in [0.1, 0.15) is 26.7 Å². The van der Waals surface area contributed by atoms with Gasteiger partial charge in [0.2, 0.25) is 11.6 Å². The van der Waals surface area contributed by atoms with Gasteiger partial charge in [0.25, 0.3) is 0 Å². The van der Waals surface area contributed by atoms with Gasteiger partial charge >= 0.3 is 0 Å². The molecule has 4 nitrogen and oxygen atoms in total. The van der Waals surface area contributed by atoms with Gasteiger partial charge in [0.15, 0.2) is 0 Å². The third-order valence-electron chi connectivity index (χ3n) is 4.06. The van der Waals surface area contributed by atoms with Crippen LogP contribution >= 0.6 is 0 Å². The van der Waals surface area contributed by atoms with Gasteiger partial charge in [-0.15, -0.1) is 0 Å². The molecule has 0 aromatic carbocycles. The van der Waals surface area contributed by atoms with Crippen LogP contribution in [0.5, 0.6) is 0 Å². The number of fused-ring (bicyclic) bond motifs is 2. The van der Waals surface area contributed by atoms with Crippen LogP contribution < -0.4 is 5.11 Å². The Balaban J connectivity index is 2.65. The largest absolute Gasteiger partial charge is 0.549 e. The first-order valence-corrected chi connectivity index (χ1v) is 4.66. The zero-order chi connectivity index (χ0) is 10.7. The zero-order valence-electron chi connectivity index (χ0n) is 8.12. The van der Waals surface area contributed by atoms with Gasteiger partial charge in [0, 0.05) is 5.92 Å². The van der Waals surface area contributed by atoms with Crippen LogP contribution in [-0.2, 0) is 14.4 Å². The molecule has 0 aromatic heterocycles. The van der Waals surface area contributed by atoms with Crippen molar-refractivity contribution >= 4 is 17.5 Å². The average Bonchev–Trinajstić information content (AvgIpc) is 2.41. The lowest BCUT2D eigenvalue weighted by atomic mass is 9.69.